The summed E-state index contributed by atoms with van der Waals surface area (Å²) in [7, 11) is 1.67. The van der Waals surface area contributed by atoms with E-state index in [0.29, 0.717) is 5.91 Å². The molecule has 1 amide bonds. The SMILES string of the molecule is COc1ccc(C2c3[nH]c4ccccc4c3CCN2C(=O)C2CC2)cc1. The highest BCUT2D eigenvalue weighted by molar-refractivity contribution is 5.87. The van der Waals surface area contributed by atoms with Crippen molar-refractivity contribution in [3.63, 3.8) is 0 Å². The molecular weight excluding hydrogens is 324 g/mol. The highest BCUT2D eigenvalue weighted by Crippen LogP contribution is 2.42. The zero-order valence-corrected chi connectivity index (χ0v) is 14.9. The van der Waals surface area contributed by atoms with Gasteiger partial charge in [-0.3, -0.25) is 4.79 Å². The summed E-state index contributed by atoms with van der Waals surface area (Å²) in [5.74, 6) is 1.36. The van der Waals surface area contributed by atoms with E-state index >= 15 is 0 Å². The zero-order valence-electron chi connectivity index (χ0n) is 14.9. The first-order chi connectivity index (χ1) is 12.8. The predicted octanol–water partition coefficient (Wildman–Crippen LogP) is 4.06. The quantitative estimate of drug-likeness (QED) is 0.777. The van der Waals surface area contributed by atoms with Crippen molar-refractivity contribution >= 4 is 16.8 Å². The monoisotopic (exact) mass is 346 g/mol. The minimum absolute atomic E-state index is 0.0508. The van der Waals surface area contributed by atoms with Crippen LogP contribution in [0, 0.1) is 5.92 Å². The Balaban J connectivity index is 1.65. The number of ether oxygens (including phenoxy) is 1. The van der Waals surface area contributed by atoms with Gasteiger partial charge in [0.2, 0.25) is 5.91 Å². The van der Waals surface area contributed by atoms with Crippen LogP contribution in [0.25, 0.3) is 10.9 Å². The lowest BCUT2D eigenvalue weighted by molar-refractivity contribution is -0.134. The number of hydrogen-bond acceptors (Lipinski definition) is 2. The summed E-state index contributed by atoms with van der Waals surface area (Å²) in [5, 5.41) is 1.28. The van der Waals surface area contributed by atoms with Crippen molar-refractivity contribution in [2.75, 3.05) is 13.7 Å². The van der Waals surface area contributed by atoms with Crippen LogP contribution in [0.3, 0.4) is 0 Å². The minimum Gasteiger partial charge on any atom is -0.497 e. The number of carbonyl (C=O) groups is 1. The Bertz CT molecular complexity index is 969. The lowest BCUT2D eigenvalue weighted by atomic mass is 9.92. The summed E-state index contributed by atoms with van der Waals surface area (Å²) in [6.07, 6.45) is 2.97. The van der Waals surface area contributed by atoms with Gasteiger partial charge in [0.25, 0.3) is 0 Å². The van der Waals surface area contributed by atoms with Crippen LogP contribution in [0.4, 0.5) is 0 Å². The van der Waals surface area contributed by atoms with Crippen molar-refractivity contribution in [2.45, 2.75) is 25.3 Å². The molecule has 0 radical (unpaired) electrons. The normalized spacial score (nSPS) is 19.4. The van der Waals surface area contributed by atoms with Crippen LogP contribution in [0.5, 0.6) is 5.75 Å². The molecule has 1 atom stereocenters. The molecule has 2 aliphatic rings. The standard InChI is InChI=1S/C22H22N2O2/c1-26-16-10-8-14(9-11-16)21-20-18(17-4-2-3-5-19(17)23-20)12-13-24(21)22(25)15-6-7-15/h2-5,8-11,15,21,23H,6-7,12-13H2,1H3. The van der Waals surface area contributed by atoms with Crippen molar-refractivity contribution in [3.05, 3.63) is 65.4 Å². The summed E-state index contributed by atoms with van der Waals surface area (Å²) in [6.45, 7) is 0.779. The van der Waals surface area contributed by atoms with Gasteiger partial charge in [0.1, 0.15) is 5.75 Å². The zero-order chi connectivity index (χ0) is 17.7. The number of aromatic amines is 1. The molecule has 1 aromatic heterocycles. The fourth-order valence-electron chi connectivity index (χ4n) is 4.18. The Hall–Kier alpha value is -2.75. The van der Waals surface area contributed by atoms with Crippen molar-refractivity contribution in [1.29, 1.82) is 0 Å². The smallest absolute Gasteiger partial charge is 0.226 e. The lowest BCUT2D eigenvalue weighted by Crippen LogP contribution is -2.41. The van der Waals surface area contributed by atoms with Crippen LogP contribution in [0.15, 0.2) is 48.5 Å². The third-order valence-corrected chi connectivity index (χ3v) is 5.68. The van der Waals surface area contributed by atoms with E-state index in [1.54, 1.807) is 7.11 Å². The van der Waals surface area contributed by atoms with Crippen molar-refractivity contribution in [3.8, 4) is 5.75 Å². The van der Waals surface area contributed by atoms with Crippen LogP contribution >= 0.6 is 0 Å². The Morgan fingerprint density at radius 3 is 2.62 bits per heavy atom. The molecule has 3 aromatic rings. The first-order valence-corrected chi connectivity index (χ1v) is 9.30. The summed E-state index contributed by atoms with van der Waals surface area (Å²) in [5.41, 5.74) is 4.79. The average molecular weight is 346 g/mol. The molecule has 1 fully saturated rings. The number of nitrogens with one attached hydrogen (secondary N) is 1. The van der Waals surface area contributed by atoms with E-state index < -0.39 is 0 Å². The molecule has 0 spiro atoms. The van der Waals surface area contributed by atoms with Crippen molar-refractivity contribution in [2.24, 2.45) is 5.92 Å². The van der Waals surface area contributed by atoms with Gasteiger partial charge in [0.15, 0.2) is 0 Å². The number of carbonyl (C=O) groups excluding carboxylic acids is 1. The van der Waals surface area contributed by atoms with E-state index in [9.17, 15) is 4.79 Å². The van der Waals surface area contributed by atoms with Gasteiger partial charge >= 0.3 is 0 Å². The molecule has 1 saturated carbocycles. The van der Waals surface area contributed by atoms with E-state index in [4.69, 9.17) is 4.74 Å². The number of H-pyrrole nitrogens is 1. The Kier molecular flexibility index (Phi) is 3.52. The number of aromatic nitrogens is 1. The molecule has 0 bridgehead atoms. The van der Waals surface area contributed by atoms with Crippen LogP contribution < -0.4 is 4.74 Å². The first kappa shape index (κ1) is 15.5. The predicted molar refractivity (Wildman–Crippen MR) is 101 cm³/mol. The van der Waals surface area contributed by atoms with Crippen LogP contribution in [0.2, 0.25) is 0 Å². The molecule has 26 heavy (non-hydrogen) atoms. The number of amides is 1. The van der Waals surface area contributed by atoms with E-state index in [0.717, 1.165) is 48.3 Å². The number of methoxy groups -OCH3 is 1. The van der Waals surface area contributed by atoms with Crippen LogP contribution in [-0.2, 0) is 11.2 Å². The van der Waals surface area contributed by atoms with E-state index in [1.165, 1.54) is 10.9 Å². The Labute approximate surface area is 152 Å². The highest BCUT2D eigenvalue weighted by Gasteiger charge is 2.40. The van der Waals surface area contributed by atoms with Gasteiger partial charge in [-0.05, 0) is 48.6 Å². The number of fused-ring (bicyclic) bond motifs is 3. The number of para-hydroxylation sites is 1. The fourth-order valence-corrected chi connectivity index (χ4v) is 4.18. The fraction of sp³-hybridized carbons (Fsp3) is 0.318. The maximum atomic E-state index is 13.0. The maximum Gasteiger partial charge on any atom is 0.226 e. The van der Waals surface area contributed by atoms with Crippen LogP contribution in [-0.4, -0.2) is 29.4 Å². The molecule has 1 aliphatic carbocycles. The molecule has 2 heterocycles. The summed E-state index contributed by atoms with van der Waals surface area (Å²) in [6, 6.07) is 16.5. The number of hydrogen-bond donors (Lipinski definition) is 1. The maximum absolute atomic E-state index is 13.0. The molecule has 1 unspecified atom stereocenters. The second-order valence-electron chi connectivity index (χ2n) is 7.29. The summed E-state index contributed by atoms with van der Waals surface area (Å²) in [4.78, 5) is 18.7. The third kappa shape index (κ3) is 2.40. The van der Waals surface area contributed by atoms with Crippen LogP contribution in [0.1, 0.15) is 35.7 Å². The molecule has 0 saturated heterocycles. The highest BCUT2D eigenvalue weighted by atomic mass is 16.5. The van der Waals surface area contributed by atoms with E-state index in [2.05, 4.69) is 46.3 Å². The molecule has 1 aliphatic heterocycles. The largest absolute Gasteiger partial charge is 0.497 e. The molecular formula is C22H22N2O2. The number of benzene rings is 2. The van der Waals surface area contributed by atoms with Gasteiger partial charge in [-0.1, -0.05) is 30.3 Å². The van der Waals surface area contributed by atoms with Gasteiger partial charge < -0.3 is 14.6 Å². The molecule has 1 N–H and O–H groups in total. The molecule has 5 rings (SSSR count). The molecule has 4 nitrogen and oxygen atoms in total. The van der Waals surface area contributed by atoms with Crippen molar-refractivity contribution < 1.29 is 9.53 Å². The average Bonchev–Trinajstić information content (AvgIpc) is 3.47. The van der Waals surface area contributed by atoms with E-state index in [-0.39, 0.29) is 12.0 Å². The van der Waals surface area contributed by atoms with Crippen molar-refractivity contribution in [1.82, 2.24) is 9.88 Å². The van der Waals surface area contributed by atoms with Gasteiger partial charge in [-0.2, -0.15) is 0 Å². The summed E-state index contributed by atoms with van der Waals surface area (Å²) < 4.78 is 5.31. The lowest BCUT2D eigenvalue weighted by Gasteiger charge is -2.36. The first-order valence-electron chi connectivity index (χ1n) is 9.30. The van der Waals surface area contributed by atoms with Gasteiger partial charge in [0, 0.05) is 29.1 Å². The topological polar surface area (TPSA) is 45.3 Å². The molecule has 4 heteroatoms. The Morgan fingerprint density at radius 1 is 1.12 bits per heavy atom. The molecule has 132 valence electrons. The van der Waals surface area contributed by atoms with Gasteiger partial charge in [0.05, 0.1) is 13.2 Å². The molecule has 2 aromatic carbocycles. The van der Waals surface area contributed by atoms with E-state index in [1.807, 2.05) is 12.1 Å². The second kappa shape index (κ2) is 5.90. The Morgan fingerprint density at radius 2 is 1.88 bits per heavy atom. The third-order valence-electron chi connectivity index (χ3n) is 5.68. The number of rotatable bonds is 3. The minimum atomic E-state index is -0.0508. The second-order valence-corrected chi connectivity index (χ2v) is 7.29. The number of nitrogens with zero attached hydrogens (tertiary/aromatic N) is 1. The summed E-state index contributed by atoms with van der Waals surface area (Å²) >= 11 is 0. The van der Waals surface area contributed by atoms with Gasteiger partial charge in [-0.25, -0.2) is 0 Å². The van der Waals surface area contributed by atoms with Gasteiger partial charge in [-0.15, -0.1) is 0 Å².